The van der Waals surface area contributed by atoms with Crippen LogP contribution < -0.4 is 5.32 Å². The van der Waals surface area contributed by atoms with E-state index in [1.807, 2.05) is 0 Å². The summed E-state index contributed by atoms with van der Waals surface area (Å²) in [6.45, 7) is 0.568. The maximum atomic E-state index is 12.2. The number of rotatable bonds is 3. The summed E-state index contributed by atoms with van der Waals surface area (Å²) in [5.41, 5.74) is 0.639. The molecular formula is C17H21NO4. The lowest BCUT2D eigenvalue weighted by atomic mass is 9.82. The van der Waals surface area contributed by atoms with Crippen LogP contribution in [0.1, 0.15) is 59.2 Å². The Bertz CT molecular complexity index is 561. The van der Waals surface area contributed by atoms with Gasteiger partial charge in [0.05, 0.1) is 23.8 Å². The summed E-state index contributed by atoms with van der Waals surface area (Å²) in [5.74, 6) is -1.16. The van der Waals surface area contributed by atoms with Gasteiger partial charge >= 0.3 is 5.97 Å². The second-order valence-electron chi connectivity index (χ2n) is 6.31. The van der Waals surface area contributed by atoms with Gasteiger partial charge in [0.25, 0.3) is 5.91 Å². The molecule has 1 amide bonds. The zero-order valence-corrected chi connectivity index (χ0v) is 12.5. The third-order valence-electron chi connectivity index (χ3n) is 4.70. The van der Waals surface area contributed by atoms with Gasteiger partial charge in [-0.2, -0.15) is 0 Å². The Balaban J connectivity index is 1.59. The van der Waals surface area contributed by atoms with Gasteiger partial charge in [0, 0.05) is 5.56 Å². The van der Waals surface area contributed by atoms with E-state index in [9.17, 15) is 9.59 Å². The average Bonchev–Trinajstić information content (AvgIpc) is 2.90. The highest BCUT2D eigenvalue weighted by Gasteiger charge is 2.41. The van der Waals surface area contributed by atoms with Crippen molar-refractivity contribution in [2.75, 3.05) is 6.61 Å². The second kappa shape index (κ2) is 6.08. The molecule has 1 saturated heterocycles. The van der Waals surface area contributed by atoms with E-state index >= 15 is 0 Å². The van der Waals surface area contributed by atoms with E-state index in [0.717, 1.165) is 19.3 Å². The molecule has 1 aromatic carbocycles. The molecule has 118 valence electrons. The van der Waals surface area contributed by atoms with Crippen molar-refractivity contribution < 1.29 is 19.4 Å². The zero-order valence-electron chi connectivity index (χ0n) is 12.5. The molecule has 2 aliphatic rings. The van der Waals surface area contributed by atoms with Crippen molar-refractivity contribution in [2.24, 2.45) is 0 Å². The number of nitrogens with one attached hydrogen (secondary N) is 1. The molecule has 0 bridgehead atoms. The van der Waals surface area contributed by atoms with Crippen LogP contribution in [0.4, 0.5) is 0 Å². The fraction of sp³-hybridized carbons (Fsp3) is 0.529. The first-order chi connectivity index (χ1) is 10.6. The smallest absolute Gasteiger partial charge is 0.335 e. The number of benzene rings is 1. The number of carboxylic acids is 1. The molecular weight excluding hydrogens is 282 g/mol. The molecule has 2 N–H and O–H groups in total. The summed E-state index contributed by atoms with van der Waals surface area (Å²) in [6, 6.07) is 6.04. The monoisotopic (exact) mass is 303 g/mol. The van der Waals surface area contributed by atoms with E-state index in [4.69, 9.17) is 9.84 Å². The number of hydrogen-bond donors (Lipinski definition) is 2. The Morgan fingerprint density at radius 1 is 1.09 bits per heavy atom. The lowest BCUT2D eigenvalue weighted by Gasteiger charge is -2.32. The van der Waals surface area contributed by atoms with Crippen LogP contribution in [0.25, 0.3) is 0 Å². The van der Waals surface area contributed by atoms with Crippen LogP contribution in [0.5, 0.6) is 0 Å². The molecule has 1 spiro atoms. The minimum atomic E-state index is -0.990. The van der Waals surface area contributed by atoms with E-state index < -0.39 is 5.97 Å². The van der Waals surface area contributed by atoms with Gasteiger partial charge in [-0.05, 0) is 43.5 Å². The zero-order chi connectivity index (χ0) is 15.6. The summed E-state index contributed by atoms with van der Waals surface area (Å²) in [5, 5.41) is 11.9. The fourth-order valence-corrected chi connectivity index (χ4v) is 3.51. The second-order valence-corrected chi connectivity index (χ2v) is 6.31. The molecule has 1 aliphatic carbocycles. The van der Waals surface area contributed by atoms with Crippen LogP contribution in [0.3, 0.4) is 0 Å². The molecule has 1 atom stereocenters. The predicted molar refractivity (Wildman–Crippen MR) is 81.0 cm³/mol. The number of ether oxygens (including phenoxy) is 1. The van der Waals surface area contributed by atoms with E-state index in [1.54, 1.807) is 12.1 Å². The number of carbonyl (C=O) groups is 2. The molecule has 5 heteroatoms. The molecule has 5 nitrogen and oxygen atoms in total. The third kappa shape index (κ3) is 3.14. The SMILES string of the molecule is O=C(O)c1ccc(C(=O)N[C@H]2COC3(CCCCC3)C2)cc1. The Morgan fingerprint density at radius 2 is 1.73 bits per heavy atom. The van der Waals surface area contributed by atoms with Crippen molar-refractivity contribution in [3.05, 3.63) is 35.4 Å². The molecule has 2 fully saturated rings. The number of amides is 1. The summed E-state index contributed by atoms with van der Waals surface area (Å²) in [6.07, 6.45) is 6.75. The van der Waals surface area contributed by atoms with Crippen molar-refractivity contribution >= 4 is 11.9 Å². The van der Waals surface area contributed by atoms with Crippen LogP contribution >= 0.6 is 0 Å². The molecule has 1 aromatic rings. The minimum absolute atomic E-state index is 0.0244. The lowest BCUT2D eigenvalue weighted by Crippen LogP contribution is -2.37. The number of aromatic carboxylic acids is 1. The standard InChI is InChI=1S/C17H21NO4/c19-15(12-4-6-13(7-5-12)16(20)21)18-14-10-17(22-11-14)8-2-1-3-9-17/h4-7,14H,1-3,8-11H2,(H,18,19)(H,20,21)/t14-/m1/s1. The molecule has 0 unspecified atom stereocenters. The van der Waals surface area contributed by atoms with Crippen molar-refractivity contribution in [1.29, 1.82) is 0 Å². The summed E-state index contributed by atoms with van der Waals surface area (Å²) in [4.78, 5) is 23.1. The highest BCUT2D eigenvalue weighted by molar-refractivity contribution is 5.96. The summed E-state index contributed by atoms with van der Waals surface area (Å²) < 4.78 is 5.99. The van der Waals surface area contributed by atoms with Crippen LogP contribution in [-0.4, -0.2) is 35.2 Å². The van der Waals surface area contributed by atoms with Crippen LogP contribution in [0, 0.1) is 0 Å². The fourth-order valence-electron chi connectivity index (χ4n) is 3.51. The quantitative estimate of drug-likeness (QED) is 0.900. The molecule has 0 radical (unpaired) electrons. The van der Waals surface area contributed by atoms with Gasteiger partial charge in [0.15, 0.2) is 0 Å². The molecule has 1 saturated carbocycles. The highest BCUT2D eigenvalue weighted by Crippen LogP contribution is 2.39. The first kappa shape index (κ1) is 15.0. The van der Waals surface area contributed by atoms with Crippen LogP contribution in [-0.2, 0) is 4.74 Å². The third-order valence-corrected chi connectivity index (χ3v) is 4.70. The molecule has 3 rings (SSSR count). The Hall–Kier alpha value is -1.88. The maximum Gasteiger partial charge on any atom is 0.335 e. The van der Waals surface area contributed by atoms with E-state index in [0.29, 0.717) is 12.2 Å². The van der Waals surface area contributed by atoms with Crippen molar-refractivity contribution in [3.8, 4) is 0 Å². The molecule has 1 aliphatic heterocycles. The van der Waals surface area contributed by atoms with Crippen molar-refractivity contribution in [2.45, 2.75) is 50.2 Å². The lowest BCUT2D eigenvalue weighted by molar-refractivity contribution is -0.0246. The van der Waals surface area contributed by atoms with Gasteiger partial charge in [-0.3, -0.25) is 4.79 Å². The van der Waals surface area contributed by atoms with Gasteiger partial charge in [-0.15, -0.1) is 0 Å². The number of carbonyl (C=O) groups excluding carboxylic acids is 1. The van der Waals surface area contributed by atoms with Gasteiger partial charge in [0.1, 0.15) is 0 Å². The van der Waals surface area contributed by atoms with Gasteiger partial charge in [-0.25, -0.2) is 4.79 Å². The van der Waals surface area contributed by atoms with Gasteiger partial charge in [0.2, 0.25) is 0 Å². The molecule has 1 heterocycles. The largest absolute Gasteiger partial charge is 0.478 e. The Morgan fingerprint density at radius 3 is 2.36 bits per heavy atom. The van der Waals surface area contributed by atoms with Crippen LogP contribution in [0.2, 0.25) is 0 Å². The van der Waals surface area contributed by atoms with Crippen molar-refractivity contribution in [3.63, 3.8) is 0 Å². The maximum absolute atomic E-state index is 12.2. The van der Waals surface area contributed by atoms with Gasteiger partial charge < -0.3 is 15.2 Å². The van der Waals surface area contributed by atoms with E-state index in [1.165, 1.54) is 31.4 Å². The highest BCUT2D eigenvalue weighted by atomic mass is 16.5. The average molecular weight is 303 g/mol. The molecule has 22 heavy (non-hydrogen) atoms. The van der Waals surface area contributed by atoms with Gasteiger partial charge in [-0.1, -0.05) is 19.3 Å². The topological polar surface area (TPSA) is 75.6 Å². The Labute approximate surface area is 129 Å². The normalized spacial score (nSPS) is 23.4. The molecule has 0 aromatic heterocycles. The van der Waals surface area contributed by atoms with E-state index in [2.05, 4.69) is 5.32 Å². The first-order valence-corrected chi connectivity index (χ1v) is 7.86. The first-order valence-electron chi connectivity index (χ1n) is 7.86. The van der Waals surface area contributed by atoms with Crippen molar-refractivity contribution in [1.82, 2.24) is 5.32 Å². The van der Waals surface area contributed by atoms with Crippen LogP contribution in [0.15, 0.2) is 24.3 Å². The number of carboxylic acid groups (broad SMARTS) is 1. The predicted octanol–water partition coefficient (Wildman–Crippen LogP) is 2.61. The van der Waals surface area contributed by atoms with E-state index in [-0.39, 0.29) is 23.1 Å². The summed E-state index contributed by atoms with van der Waals surface area (Å²) in [7, 11) is 0. The Kier molecular flexibility index (Phi) is 4.16. The minimum Gasteiger partial charge on any atom is -0.478 e. The number of hydrogen-bond acceptors (Lipinski definition) is 3. The summed E-state index contributed by atoms with van der Waals surface area (Å²) >= 11 is 0.